The summed E-state index contributed by atoms with van der Waals surface area (Å²) >= 11 is 0. The first-order chi connectivity index (χ1) is 13.1. The Kier molecular flexibility index (Phi) is 5.71. The van der Waals surface area contributed by atoms with Crippen LogP contribution < -0.4 is 4.74 Å². The van der Waals surface area contributed by atoms with E-state index in [1.807, 2.05) is 12.1 Å². The average molecular weight is 364 g/mol. The Hall–Kier alpha value is -3.34. The molecule has 5 heteroatoms. The molecule has 0 aliphatic rings. The molecular formula is C22H20O5. The molecule has 0 N–H and O–H groups in total. The largest absolute Gasteiger partial charge is 0.492 e. The molecule has 0 amide bonds. The zero-order valence-corrected chi connectivity index (χ0v) is 15.2. The number of esters is 2. The van der Waals surface area contributed by atoms with Gasteiger partial charge in [-0.3, -0.25) is 0 Å². The van der Waals surface area contributed by atoms with Gasteiger partial charge in [-0.05, 0) is 28.5 Å². The maximum Gasteiger partial charge on any atom is 0.342 e. The third kappa shape index (κ3) is 4.08. The molecule has 0 fully saturated rings. The van der Waals surface area contributed by atoms with Crippen LogP contribution >= 0.6 is 0 Å². The molecule has 0 heterocycles. The van der Waals surface area contributed by atoms with Gasteiger partial charge in [0.15, 0.2) is 0 Å². The van der Waals surface area contributed by atoms with Crippen LogP contribution in [0.5, 0.6) is 5.75 Å². The van der Waals surface area contributed by atoms with Crippen molar-refractivity contribution >= 4 is 22.7 Å². The molecule has 0 unspecified atom stereocenters. The van der Waals surface area contributed by atoms with Crippen LogP contribution in [0.1, 0.15) is 26.3 Å². The lowest BCUT2D eigenvalue weighted by Crippen LogP contribution is -2.14. The van der Waals surface area contributed by atoms with Crippen LogP contribution in [-0.2, 0) is 15.9 Å². The summed E-state index contributed by atoms with van der Waals surface area (Å²) in [6.07, 6.45) is 0.661. The van der Waals surface area contributed by atoms with E-state index in [1.54, 1.807) is 12.1 Å². The molecule has 138 valence electrons. The summed E-state index contributed by atoms with van der Waals surface area (Å²) in [6.45, 7) is 0.354. The summed E-state index contributed by atoms with van der Waals surface area (Å²) in [4.78, 5) is 24.1. The van der Waals surface area contributed by atoms with E-state index in [2.05, 4.69) is 30.3 Å². The van der Waals surface area contributed by atoms with Gasteiger partial charge in [0.2, 0.25) is 0 Å². The van der Waals surface area contributed by atoms with E-state index < -0.39 is 11.9 Å². The monoisotopic (exact) mass is 364 g/mol. The van der Waals surface area contributed by atoms with Crippen LogP contribution in [0.3, 0.4) is 0 Å². The molecule has 27 heavy (non-hydrogen) atoms. The first kappa shape index (κ1) is 18.5. The highest BCUT2D eigenvalue weighted by Crippen LogP contribution is 2.25. The first-order valence-corrected chi connectivity index (χ1v) is 8.54. The van der Waals surface area contributed by atoms with Gasteiger partial charge in [-0.15, -0.1) is 0 Å². The number of carbonyl (C=O) groups excluding carboxylic acids is 2. The number of methoxy groups -OCH3 is 2. The topological polar surface area (TPSA) is 61.8 Å². The van der Waals surface area contributed by atoms with Gasteiger partial charge in [0, 0.05) is 6.42 Å². The minimum atomic E-state index is -0.642. The molecule has 0 aliphatic heterocycles. The highest BCUT2D eigenvalue weighted by molar-refractivity contribution is 6.05. The molecular weight excluding hydrogens is 344 g/mol. The molecule has 0 atom stereocenters. The van der Waals surface area contributed by atoms with Crippen molar-refractivity contribution in [3.8, 4) is 5.75 Å². The fourth-order valence-corrected chi connectivity index (χ4v) is 2.92. The van der Waals surface area contributed by atoms with E-state index in [1.165, 1.54) is 25.7 Å². The molecule has 0 aliphatic carbocycles. The summed E-state index contributed by atoms with van der Waals surface area (Å²) in [6, 6.07) is 19.2. The Morgan fingerprint density at radius 3 is 2.30 bits per heavy atom. The van der Waals surface area contributed by atoms with Crippen molar-refractivity contribution in [3.05, 3.63) is 77.4 Å². The smallest absolute Gasteiger partial charge is 0.342 e. The van der Waals surface area contributed by atoms with Crippen molar-refractivity contribution in [2.45, 2.75) is 6.42 Å². The van der Waals surface area contributed by atoms with E-state index >= 15 is 0 Å². The number of ether oxygens (including phenoxy) is 3. The average Bonchev–Trinajstić information content (AvgIpc) is 2.72. The number of carbonyl (C=O) groups is 2. The van der Waals surface area contributed by atoms with E-state index in [4.69, 9.17) is 14.2 Å². The predicted molar refractivity (Wildman–Crippen MR) is 102 cm³/mol. The fourth-order valence-electron chi connectivity index (χ4n) is 2.92. The molecule has 3 aromatic rings. The lowest BCUT2D eigenvalue weighted by Gasteiger charge is -2.13. The number of rotatable bonds is 6. The lowest BCUT2D eigenvalue weighted by atomic mass is 10.1. The van der Waals surface area contributed by atoms with Crippen LogP contribution in [0.2, 0.25) is 0 Å². The van der Waals surface area contributed by atoms with Gasteiger partial charge in [0.05, 0.1) is 26.4 Å². The standard InChI is InChI=1S/C22H20O5/c1-25-21(23)18-8-5-9-19(20(18)22(24)26-2)27-13-12-15-10-11-16-6-3-4-7-17(16)14-15/h3-11,14H,12-13H2,1-2H3. The zero-order chi connectivity index (χ0) is 19.2. The number of hydrogen-bond donors (Lipinski definition) is 0. The van der Waals surface area contributed by atoms with Crippen LogP contribution in [0.15, 0.2) is 60.7 Å². The van der Waals surface area contributed by atoms with Gasteiger partial charge in [0.1, 0.15) is 11.3 Å². The van der Waals surface area contributed by atoms with Crippen molar-refractivity contribution in [2.24, 2.45) is 0 Å². The highest BCUT2D eigenvalue weighted by Gasteiger charge is 2.23. The second-order valence-corrected chi connectivity index (χ2v) is 5.94. The van der Waals surface area contributed by atoms with Gasteiger partial charge in [0.25, 0.3) is 0 Å². The first-order valence-electron chi connectivity index (χ1n) is 8.54. The Morgan fingerprint density at radius 2 is 1.56 bits per heavy atom. The minimum Gasteiger partial charge on any atom is -0.492 e. The van der Waals surface area contributed by atoms with E-state index in [0.29, 0.717) is 18.8 Å². The SMILES string of the molecule is COC(=O)c1cccc(OCCc2ccc3ccccc3c2)c1C(=O)OC. The lowest BCUT2D eigenvalue weighted by molar-refractivity contribution is 0.0551. The summed E-state index contributed by atoms with van der Waals surface area (Å²) in [5.74, 6) is -0.961. The normalized spacial score (nSPS) is 10.4. The van der Waals surface area contributed by atoms with Crippen molar-refractivity contribution in [1.29, 1.82) is 0 Å². The molecule has 0 bridgehead atoms. The molecule has 0 spiro atoms. The molecule has 0 saturated heterocycles. The number of hydrogen-bond acceptors (Lipinski definition) is 5. The van der Waals surface area contributed by atoms with E-state index in [-0.39, 0.29) is 11.1 Å². The highest BCUT2D eigenvalue weighted by atomic mass is 16.5. The van der Waals surface area contributed by atoms with Crippen LogP contribution in [0.4, 0.5) is 0 Å². The minimum absolute atomic E-state index is 0.0744. The number of fused-ring (bicyclic) bond motifs is 1. The molecule has 5 nitrogen and oxygen atoms in total. The van der Waals surface area contributed by atoms with Gasteiger partial charge < -0.3 is 14.2 Å². The third-order valence-electron chi connectivity index (χ3n) is 4.28. The molecule has 0 aromatic heterocycles. The summed E-state index contributed by atoms with van der Waals surface area (Å²) < 4.78 is 15.3. The van der Waals surface area contributed by atoms with Crippen LogP contribution in [-0.4, -0.2) is 32.8 Å². The number of benzene rings is 3. The van der Waals surface area contributed by atoms with Crippen molar-refractivity contribution in [3.63, 3.8) is 0 Å². The van der Waals surface area contributed by atoms with Crippen LogP contribution in [0, 0.1) is 0 Å². The maximum absolute atomic E-state index is 12.1. The summed E-state index contributed by atoms with van der Waals surface area (Å²) in [5, 5.41) is 2.35. The fraction of sp³-hybridized carbons (Fsp3) is 0.182. The van der Waals surface area contributed by atoms with Gasteiger partial charge >= 0.3 is 11.9 Å². The summed E-state index contributed by atoms with van der Waals surface area (Å²) in [7, 11) is 2.52. The van der Waals surface area contributed by atoms with Crippen LogP contribution in [0.25, 0.3) is 10.8 Å². The molecule has 0 radical (unpaired) electrons. The summed E-state index contributed by atoms with van der Waals surface area (Å²) in [5.41, 5.74) is 1.32. The third-order valence-corrected chi connectivity index (χ3v) is 4.28. The predicted octanol–water partition coefficient (Wildman–Crippen LogP) is 4.03. The van der Waals surface area contributed by atoms with Crippen molar-refractivity contribution in [2.75, 3.05) is 20.8 Å². The van der Waals surface area contributed by atoms with Crippen molar-refractivity contribution in [1.82, 2.24) is 0 Å². The quantitative estimate of drug-likeness (QED) is 0.618. The zero-order valence-electron chi connectivity index (χ0n) is 15.2. The van der Waals surface area contributed by atoms with Gasteiger partial charge in [-0.25, -0.2) is 9.59 Å². The Labute approximate surface area is 157 Å². The van der Waals surface area contributed by atoms with E-state index in [9.17, 15) is 9.59 Å². The Morgan fingerprint density at radius 1 is 0.815 bits per heavy atom. The Bertz CT molecular complexity index is 977. The molecule has 3 aromatic carbocycles. The molecule has 3 rings (SSSR count). The Balaban J connectivity index is 1.78. The molecule has 0 saturated carbocycles. The maximum atomic E-state index is 12.1. The second kappa shape index (κ2) is 8.36. The second-order valence-electron chi connectivity index (χ2n) is 5.94. The van der Waals surface area contributed by atoms with Crippen molar-refractivity contribution < 1.29 is 23.8 Å². The van der Waals surface area contributed by atoms with E-state index in [0.717, 1.165) is 10.9 Å². The van der Waals surface area contributed by atoms with Gasteiger partial charge in [-0.1, -0.05) is 48.5 Å². The van der Waals surface area contributed by atoms with Gasteiger partial charge in [-0.2, -0.15) is 0 Å².